The van der Waals surface area contributed by atoms with Gasteiger partial charge in [0, 0.05) is 37.2 Å². The highest BCUT2D eigenvalue weighted by Gasteiger charge is 2.09. The Bertz CT molecular complexity index is 837. The maximum Gasteiger partial charge on any atom is 0.319 e. The second kappa shape index (κ2) is 6.90. The average molecular weight is 326 g/mol. The molecule has 0 fully saturated rings. The summed E-state index contributed by atoms with van der Waals surface area (Å²) in [5.41, 5.74) is 1.50. The molecule has 9 nitrogen and oxygen atoms in total. The molecule has 0 aliphatic rings. The molecule has 0 aliphatic heterocycles. The van der Waals surface area contributed by atoms with Gasteiger partial charge in [0.25, 0.3) is 0 Å². The molecule has 2 N–H and O–H groups in total. The van der Waals surface area contributed by atoms with E-state index < -0.39 is 0 Å². The van der Waals surface area contributed by atoms with E-state index in [2.05, 4.69) is 31.1 Å². The molecule has 0 unspecified atom stereocenters. The molecule has 2 heterocycles. The minimum absolute atomic E-state index is 0.301. The molecular weight excluding hydrogens is 308 g/mol. The molecule has 124 valence electrons. The minimum atomic E-state index is -0.301. The maximum absolute atomic E-state index is 12.0. The molecule has 9 heteroatoms. The molecule has 24 heavy (non-hydrogen) atoms. The Labute approximate surface area is 138 Å². The quantitative estimate of drug-likeness (QED) is 0.738. The summed E-state index contributed by atoms with van der Waals surface area (Å²) < 4.78 is 3.55. The van der Waals surface area contributed by atoms with E-state index in [1.165, 1.54) is 0 Å². The normalized spacial score (nSPS) is 10.6. The van der Waals surface area contributed by atoms with Gasteiger partial charge in [0.15, 0.2) is 5.82 Å². The van der Waals surface area contributed by atoms with E-state index in [4.69, 9.17) is 0 Å². The summed E-state index contributed by atoms with van der Waals surface area (Å²) in [5.74, 6) is 1.44. The van der Waals surface area contributed by atoms with Crippen LogP contribution in [0.4, 0.5) is 10.5 Å². The Morgan fingerprint density at radius 2 is 2.21 bits per heavy atom. The van der Waals surface area contributed by atoms with Crippen molar-refractivity contribution in [2.75, 3.05) is 5.32 Å². The Morgan fingerprint density at radius 3 is 2.96 bits per heavy atom. The van der Waals surface area contributed by atoms with Crippen LogP contribution in [0.3, 0.4) is 0 Å². The number of rotatable bonds is 5. The number of hydrogen-bond acceptors (Lipinski definition) is 5. The first-order valence-electron chi connectivity index (χ1n) is 7.55. The zero-order valence-electron chi connectivity index (χ0n) is 13.5. The van der Waals surface area contributed by atoms with Crippen molar-refractivity contribution in [2.45, 2.75) is 20.0 Å². The van der Waals surface area contributed by atoms with Crippen LogP contribution in [0.2, 0.25) is 0 Å². The van der Waals surface area contributed by atoms with Gasteiger partial charge in [-0.2, -0.15) is 0 Å². The number of urea groups is 1. The van der Waals surface area contributed by atoms with Crippen molar-refractivity contribution in [1.29, 1.82) is 0 Å². The van der Waals surface area contributed by atoms with Crippen LogP contribution in [0, 0.1) is 0 Å². The Morgan fingerprint density at radius 1 is 1.33 bits per heavy atom. The standard InChI is InChI=1S/C15H18N8O/c1-3-23-14(19-20-21-23)11-5-4-6-12(9-11)18-15(24)17-10-13-16-7-8-22(13)2/h4-9H,3,10H2,1-2H3,(H2,17,18,24). The first-order chi connectivity index (χ1) is 11.7. The summed E-state index contributed by atoms with van der Waals surface area (Å²) in [6.07, 6.45) is 3.52. The lowest BCUT2D eigenvalue weighted by Crippen LogP contribution is -2.29. The van der Waals surface area contributed by atoms with Gasteiger partial charge >= 0.3 is 6.03 Å². The molecule has 0 radical (unpaired) electrons. The van der Waals surface area contributed by atoms with Gasteiger partial charge in [-0.15, -0.1) is 5.10 Å². The number of benzene rings is 1. The zero-order valence-corrected chi connectivity index (χ0v) is 13.5. The lowest BCUT2D eigenvalue weighted by atomic mass is 10.2. The number of nitrogens with one attached hydrogen (secondary N) is 2. The van der Waals surface area contributed by atoms with Gasteiger partial charge in [0.1, 0.15) is 5.82 Å². The van der Waals surface area contributed by atoms with Gasteiger partial charge in [0.2, 0.25) is 0 Å². The molecule has 0 bridgehead atoms. The molecule has 3 aromatic rings. The summed E-state index contributed by atoms with van der Waals surface area (Å²) in [7, 11) is 1.88. The number of nitrogens with zero attached hydrogens (tertiary/aromatic N) is 6. The first kappa shape index (κ1) is 15.7. The highest BCUT2D eigenvalue weighted by Crippen LogP contribution is 2.20. The Hall–Kier alpha value is -3.23. The molecule has 2 aromatic heterocycles. The lowest BCUT2D eigenvalue weighted by Gasteiger charge is -2.09. The Balaban J connectivity index is 1.66. The predicted octanol–water partition coefficient (Wildman–Crippen LogP) is 1.42. The molecule has 1 aromatic carbocycles. The molecule has 0 saturated carbocycles. The zero-order chi connectivity index (χ0) is 16.9. The number of amides is 2. The topological polar surface area (TPSA) is 103 Å². The van der Waals surface area contributed by atoms with Crippen LogP contribution in [-0.4, -0.2) is 35.8 Å². The van der Waals surface area contributed by atoms with Gasteiger partial charge in [-0.1, -0.05) is 12.1 Å². The number of aryl methyl sites for hydroxylation is 2. The summed E-state index contributed by atoms with van der Waals surface area (Å²) >= 11 is 0. The van der Waals surface area contributed by atoms with Crippen LogP contribution in [0.5, 0.6) is 0 Å². The van der Waals surface area contributed by atoms with Crippen LogP contribution in [0.25, 0.3) is 11.4 Å². The van der Waals surface area contributed by atoms with Gasteiger partial charge in [-0.25, -0.2) is 14.5 Å². The van der Waals surface area contributed by atoms with Crippen molar-refractivity contribution < 1.29 is 4.79 Å². The third kappa shape index (κ3) is 3.40. The van der Waals surface area contributed by atoms with E-state index in [-0.39, 0.29) is 6.03 Å². The fraction of sp³-hybridized carbons (Fsp3) is 0.267. The summed E-state index contributed by atoms with van der Waals surface area (Å²) in [6, 6.07) is 7.08. The number of anilines is 1. The molecule has 3 rings (SSSR count). The van der Waals surface area contributed by atoms with Gasteiger partial charge in [-0.05, 0) is 29.5 Å². The number of tetrazole rings is 1. The van der Waals surface area contributed by atoms with E-state index in [0.29, 0.717) is 24.6 Å². The van der Waals surface area contributed by atoms with Crippen molar-refractivity contribution in [3.05, 3.63) is 42.5 Å². The number of carbonyl (C=O) groups is 1. The van der Waals surface area contributed by atoms with Crippen molar-refractivity contribution in [1.82, 2.24) is 35.1 Å². The van der Waals surface area contributed by atoms with Crippen LogP contribution in [0.15, 0.2) is 36.7 Å². The number of aromatic nitrogens is 6. The summed E-state index contributed by atoms with van der Waals surface area (Å²) in [5, 5.41) is 17.2. The molecule has 0 atom stereocenters. The van der Waals surface area contributed by atoms with Gasteiger partial charge < -0.3 is 15.2 Å². The first-order valence-corrected chi connectivity index (χ1v) is 7.55. The third-order valence-corrected chi connectivity index (χ3v) is 3.54. The smallest absolute Gasteiger partial charge is 0.319 e. The number of carbonyl (C=O) groups excluding carboxylic acids is 1. The molecule has 0 spiro atoms. The van der Waals surface area contributed by atoms with Crippen molar-refractivity contribution in [3.8, 4) is 11.4 Å². The number of imidazole rings is 1. The van der Waals surface area contributed by atoms with Gasteiger partial charge in [-0.3, -0.25) is 0 Å². The van der Waals surface area contributed by atoms with E-state index in [9.17, 15) is 4.79 Å². The highest BCUT2D eigenvalue weighted by molar-refractivity contribution is 5.89. The predicted molar refractivity (Wildman–Crippen MR) is 88.0 cm³/mol. The SMILES string of the molecule is CCn1nnnc1-c1cccc(NC(=O)NCc2nccn2C)c1. The minimum Gasteiger partial charge on any atom is -0.337 e. The highest BCUT2D eigenvalue weighted by atomic mass is 16.2. The largest absolute Gasteiger partial charge is 0.337 e. The fourth-order valence-electron chi connectivity index (χ4n) is 2.26. The van der Waals surface area contributed by atoms with Crippen LogP contribution in [0.1, 0.15) is 12.7 Å². The van der Waals surface area contributed by atoms with Gasteiger partial charge in [0.05, 0.1) is 6.54 Å². The van der Waals surface area contributed by atoms with Crippen molar-refractivity contribution >= 4 is 11.7 Å². The monoisotopic (exact) mass is 326 g/mol. The fourth-order valence-corrected chi connectivity index (χ4v) is 2.26. The molecule has 0 aliphatic carbocycles. The Kier molecular flexibility index (Phi) is 4.50. The van der Waals surface area contributed by atoms with Crippen LogP contribution < -0.4 is 10.6 Å². The number of hydrogen-bond donors (Lipinski definition) is 2. The molecule has 2 amide bonds. The summed E-state index contributed by atoms with van der Waals surface area (Å²) in [6.45, 7) is 2.99. The van der Waals surface area contributed by atoms with E-state index in [0.717, 1.165) is 11.4 Å². The van der Waals surface area contributed by atoms with Crippen molar-refractivity contribution in [3.63, 3.8) is 0 Å². The summed E-state index contributed by atoms with van der Waals surface area (Å²) in [4.78, 5) is 16.2. The van der Waals surface area contributed by atoms with Crippen LogP contribution >= 0.6 is 0 Å². The van der Waals surface area contributed by atoms with Crippen molar-refractivity contribution in [2.24, 2.45) is 7.05 Å². The van der Waals surface area contributed by atoms with E-state index in [1.807, 2.05) is 49.0 Å². The van der Waals surface area contributed by atoms with E-state index >= 15 is 0 Å². The average Bonchev–Trinajstić information content (AvgIpc) is 3.21. The molecule has 0 saturated heterocycles. The second-order valence-corrected chi connectivity index (χ2v) is 5.16. The van der Waals surface area contributed by atoms with E-state index in [1.54, 1.807) is 10.9 Å². The molecular formula is C15H18N8O. The maximum atomic E-state index is 12.0. The third-order valence-electron chi connectivity index (χ3n) is 3.54. The lowest BCUT2D eigenvalue weighted by molar-refractivity contribution is 0.251. The second-order valence-electron chi connectivity index (χ2n) is 5.16. The van der Waals surface area contributed by atoms with Crippen LogP contribution in [-0.2, 0) is 20.1 Å².